The quantitative estimate of drug-likeness (QED) is 0.861. The summed E-state index contributed by atoms with van der Waals surface area (Å²) in [7, 11) is 1.88. The summed E-state index contributed by atoms with van der Waals surface area (Å²) < 4.78 is 7.23. The standard InChI is InChI=1S/C20H25N3O2/c1-21-19(14-17(15-20(21)24)22-10-12-25-13-11-22)23-9-5-8-18(23)16-6-3-2-4-7-16/h2-4,6-7,14-15,18H,5,8-13H2,1H3. The van der Waals surface area contributed by atoms with Crippen LogP contribution in [0.15, 0.2) is 47.3 Å². The van der Waals surface area contributed by atoms with Crippen LogP contribution < -0.4 is 15.4 Å². The second-order valence-corrected chi connectivity index (χ2v) is 6.83. The highest BCUT2D eigenvalue weighted by Crippen LogP contribution is 2.36. The molecule has 5 heteroatoms. The Morgan fingerprint density at radius 2 is 1.80 bits per heavy atom. The highest BCUT2D eigenvalue weighted by molar-refractivity contribution is 5.57. The predicted octanol–water partition coefficient (Wildman–Crippen LogP) is 2.56. The van der Waals surface area contributed by atoms with E-state index >= 15 is 0 Å². The Kier molecular flexibility index (Phi) is 4.49. The summed E-state index contributed by atoms with van der Waals surface area (Å²) in [5, 5.41) is 0. The highest BCUT2D eigenvalue weighted by atomic mass is 16.5. The maximum Gasteiger partial charge on any atom is 0.253 e. The molecule has 2 saturated heterocycles. The molecule has 0 radical (unpaired) electrons. The molecule has 0 bridgehead atoms. The molecule has 1 aromatic heterocycles. The van der Waals surface area contributed by atoms with Crippen molar-refractivity contribution < 1.29 is 4.74 Å². The molecule has 0 aliphatic carbocycles. The molecule has 132 valence electrons. The van der Waals surface area contributed by atoms with E-state index in [1.165, 1.54) is 5.56 Å². The van der Waals surface area contributed by atoms with Crippen LogP contribution in [0.1, 0.15) is 24.4 Å². The monoisotopic (exact) mass is 339 g/mol. The number of nitrogens with zero attached hydrogens (tertiary/aromatic N) is 3. The van der Waals surface area contributed by atoms with Crippen molar-refractivity contribution in [3.05, 3.63) is 58.4 Å². The van der Waals surface area contributed by atoms with E-state index in [0.29, 0.717) is 6.04 Å². The largest absolute Gasteiger partial charge is 0.378 e. The summed E-state index contributed by atoms with van der Waals surface area (Å²) in [5.74, 6) is 1.01. The summed E-state index contributed by atoms with van der Waals surface area (Å²) in [6.45, 7) is 4.12. The molecule has 1 unspecified atom stereocenters. The summed E-state index contributed by atoms with van der Waals surface area (Å²) in [4.78, 5) is 17.2. The van der Waals surface area contributed by atoms with Gasteiger partial charge in [0.25, 0.3) is 5.56 Å². The van der Waals surface area contributed by atoms with Gasteiger partial charge < -0.3 is 14.5 Å². The van der Waals surface area contributed by atoms with Gasteiger partial charge in [0.15, 0.2) is 0 Å². The molecule has 4 rings (SSSR count). The molecule has 25 heavy (non-hydrogen) atoms. The van der Waals surface area contributed by atoms with E-state index in [-0.39, 0.29) is 5.56 Å². The second kappa shape index (κ2) is 6.92. The fourth-order valence-corrected chi connectivity index (χ4v) is 3.95. The van der Waals surface area contributed by atoms with Gasteiger partial charge in [0.2, 0.25) is 0 Å². The third-order valence-corrected chi connectivity index (χ3v) is 5.33. The van der Waals surface area contributed by atoms with Crippen molar-refractivity contribution in [2.75, 3.05) is 42.6 Å². The van der Waals surface area contributed by atoms with Crippen molar-refractivity contribution in [1.29, 1.82) is 0 Å². The zero-order valence-corrected chi connectivity index (χ0v) is 14.7. The normalized spacial score (nSPS) is 20.9. The highest BCUT2D eigenvalue weighted by Gasteiger charge is 2.28. The Morgan fingerprint density at radius 1 is 1.04 bits per heavy atom. The van der Waals surface area contributed by atoms with Crippen molar-refractivity contribution in [3.63, 3.8) is 0 Å². The van der Waals surface area contributed by atoms with Crippen molar-refractivity contribution in [1.82, 2.24) is 4.57 Å². The number of rotatable bonds is 3. The number of morpholine rings is 1. The molecule has 0 spiro atoms. The molecule has 5 nitrogen and oxygen atoms in total. The van der Waals surface area contributed by atoms with Crippen molar-refractivity contribution in [2.45, 2.75) is 18.9 Å². The Balaban J connectivity index is 1.71. The van der Waals surface area contributed by atoms with Crippen LogP contribution >= 0.6 is 0 Å². The van der Waals surface area contributed by atoms with E-state index < -0.39 is 0 Å². The molecular weight excluding hydrogens is 314 g/mol. The summed E-state index contributed by atoms with van der Waals surface area (Å²) in [6.07, 6.45) is 2.27. The smallest absolute Gasteiger partial charge is 0.253 e. The van der Waals surface area contributed by atoms with E-state index in [9.17, 15) is 4.79 Å². The maximum atomic E-state index is 12.6. The lowest BCUT2D eigenvalue weighted by Crippen LogP contribution is -2.38. The van der Waals surface area contributed by atoms with Crippen LogP contribution in [0.4, 0.5) is 11.5 Å². The number of pyridine rings is 1. The first-order chi connectivity index (χ1) is 12.2. The first-order valence-electron chi connectivity index (χ1n) is 9.09. The number of hydrogen-bond acceptors (Lipinski definition) is 4. The third-order valence-electron chi connectivity index (χ3n) is 5.33. The molecule has 2 fully saturated rings. The Labute approximate surface area is 148 Å². The molecule has 0 saturated carbocycles. The lowest BCUT2D eigenvalue weighted by molar-refractivity contribution is 0.122. The van der Waals surface area contributed by atoms with Gasteiger partial charge in [-0.25, -0.2) is 0 Å². The van der Waals surface area contributed by atoms with Gasteiger partial charge in [-0.3, -0.25) is 9.36 Å². The number of aromatic nitrogens is 1. The van der Waals surface area contributed by atoms with Gasteiger partial charge in [-0.05, 0) is 18.4 Å². The molecule has 3 heterocycles. The fourth-order valence-electron chi connectivity index (χ4n) is 3.95. The molecule has 2 aromatic rings. The minimum Gasteiger partial charge on any atom is -0.378 e. The van der Waals surface area contributed by atoms with Gasteiger partial charge in [0.1, 0.15) is 5.82 Å². The van der Waals surface area contributed by atoms with E-state index in [4.69, 9.17) is 4.74 Å². The van der Waals surface area contributed by atoms with E-state index in [0.717, 1.165) is 57.2 Å². The van der Waals surface area contributed by atoms with Gasteiger partial charge in [-0.1, -0.05) is 30.3 Å². The lowest BCUT2D eigenvalue weighted by Gasteiger charge is -2.32. The van der Waals surface area contributed by atoms with Gasteiger partial charge in [0, 0.05) is 44.5 Å². The first kappa shape index (κ1) is 16.2. The third kappa shape index (κ3) is 3.16. The fraction of sp³-hybridized carbons (Fsp3) is 0.450. The molecule has 2 aliphatic rings. The Bertz CT molecular complexity index is 781. The van der Waals surface area contributed by atoms with Crippen LogP contribution in [-0.2, 0) is 11.8 Å². The number of ether oxygens (including phenoxy) is 1. The molecule has 1 aromatic carbocycles. The SMILES string of the molecule is Cn1c(N2CCCC2c2ccccc2)cc(N2CCOCC2)cc1=O. The maximum absolute atomic E-state index is 12.6. The van der Waals surface area contributed by atoms with Crippen molar-refractivity contribution in [2.24, 2.45) is 7.05 Å². The van der Waals surface area contributed by atoms with E-state index in [1.54, 1.807) is 10.6 Å². The molecule has 0 N–H and O–H groups in total. The topological polar surface area (TPSA) is 37.7 Å². The van der Waals surface area contributed by atoms with Crippen LogP contribution in [0, 0.1) is 0 Å². The lowest BCUT2D eigenvalue weighted by atomic mass is 10.0. The van der Waals surface area contributed by atoms with Crippen LogP contribution in [0.5, 0.6) is 0 Å². The van der Waals surface area contributed by atoms with Crippen LogP contribution in [0.25, 0.3) is 0 Å². The van der Waals surface area contributed by atoms with Crippen LogP contribution in [-0.4, -0.2) is 37.4 Å². The Morgan fingerprint density at radius 3 is 2.56 bits per heavy atom. The van der Waals surface area contributed by atoms with E-state index in [1.807, 2.05) is 7.05 Å². The second-order valence-electron chi connectivity index (χ2n) is 6.83. The summed E-state index contributed by atoms with van der Waals surface area (Å²) >= 11 is 0. The zero-order chi connectivity index (χ0) is 17.2. The number of hydrogen-bond donors (Lipinski definition) is 0. The Hall–Kier alpha value is -2.27. The minimum absolute atomic E-state index is 0.0534. The summed E-state index contributed by atoms with van der Waals surface area (Å²) in [5.41, 5.74) is 2.39. The number of anilines is 2. The van der Waals surface area contributed by atoms with Crippen LogP contribution in [0.3, 0.4) is 0 Å². The van der Waals surface area contributed by atoms with Gasteiger partial charge in [-0.15, -0.1) is 0 Å². The van der Waals surface area contributed by atoms with Crippen molar-refractivity contribution in [3.8, 4) is 0 Å². The summed E-state index contributed by atoms with van der Waals surface area (Å²) in [6, 6.07) is 14.9. The molecule has 2 aliphatic heterocycles. The molecule has 0 amide bonds. The van der Waals surface area contributed by atoms with E-state index in [2.05, 4.69) is 46.2 Å². The van der Waals surface area contributed by atoms with Gasteiger partial charge in [-0.2, -0.15) is 0 Å². The number of benzene rings is 1. The van der Waals surface area contributed by atoms with Gasteiger partial charge >= 0.3 is 0 Å². The molecule has 1 atom stereocenters. The van der Waals surface area contributed by atoms with Crippen LogP contribution in [0.2, 0.25) is 0 Å². The first-order valence-corrected chi connectivity index (χ1v) is 9.09. The molecular formula is C20H25N3O2. The predicted molar refractivity (Wildman–Crippen MR) is 100 cm³/mol. The average molecular weight is 339 g/mol. The van der Waals surface area contributed by atoms with Crippen molar-refractivity contribution >= 4 is 11.5 Å². The zero-order valence-electron chi connectivity index (χ0n) is 14.7. The average Bonchev–Trinajstić information content (AvgIpc) is 3.15. The van der Waals surface area contributed by atoms with Gasteiger partial charge in [0.05, 0.1) is 19.3 Å². The minimum atomic E-state index is 0.0534.